The molecule has 1 fully saturated rings. The third kappa shape index (κ3) is 4.32. The number of pyridine rings is 1. The van der Waals surface area contributed by atoms with Gasteiger partial charge in [0.05, 0.1) is 12.1 Å². The van der Waals surface area contributed by atoms with E-state index in [1.54, 1.807) is 16.7 Å². The van der Waals surface area contributed by atoms with E-state index in [-0.39, 0.29) is 35.9 Å². The molecule has 3 aromatic rings. The first-order valence-corrected chi connectivity index (χ1v) is 9.52. The number of imidazole rings is 1. The average molecular weight is 393 g/mol. The van der Waals surface area contributed by atoms with E-state index in [9.17, 15) is 14.4 Å². The predicted octanol–water partition coefficient (Wildman–Crippen LogP) is 2.22. The number of anilines is 1. The van der Waals surface area contributed by atoms with Crippen LogP contribution in [0.25, 0.3) is 5.65 Å². The van der Waals surface area contributed by atoms with Crippen molar-refractivity contribution in [2.24, 2.45) is 0 Å². The Hall–Kier alpha value is -3.54. The molecule has 9 heteroatoms. The molecule has 2 N–H and O–H groups in total. The number of nitrogens with zero attached hydrogens (tertiary/aromatic N) is 5. The van der Waals surface area contributed by atoms with E-state index in [0.29, 0.717) is 17.2 Å². The van der Waals surface area contributed by atoms with Gasteiger partial charge in [0, 0.05) is 36.9 Å². The third-order valence-electron chi connectivity index (χ3n) is 5.05. The molecular weight excluding hydrogens is 373 g/mol. The van der Waals surface area contributed by atoms with Gasteiger partial charge in [-0.25, -0.2) is 19.3 Å². The summed E-state index contributed by atoms with van der Waals surface area (Å²) in [6, 6.07) is 4.82. The van der Waals surface area contributed by atoms with Crippen molar-refractivity contribution < 1.29 is 9.18 Å². The van der Waals surface area contributed by atoms with Crippen LogP contribution in [0.5, 0.6) is 0 Å². The number of fused-ring (bicyclic) bond motifs is 1. The first kappa shape index (κ1) is 18.8. The quantitative estimate of drug-likeness (QED) is 0.688. The van der Waals surface area contributed by atoms with Crippen LogP contribution in [0.2, 0.25) is 0 Å². The van der Waals surface area contributed by atoms with E-state index < -0.39 is 0 Å². The highest BCUT2D eigenvalue weighted by Gasteiger charge is 2.27. The maximum absolute atomic E-state index is 13.3. The minimum Gasteiger partial charge on any atom is -0.363 e. The summed E-state index contributed by atoms with van der Waals surface area (Å²) < 4.78 is 14.9. The maximum atomic E-state index is 13.3. The fourth-order valence-corrected chi connectivity index (χ4v) is 3.70. The standard InChI is InChI=1S/C20H20FN7O/c21-13-5-6-18-25-14(12-28(18)11-13)9-19(29)26-15-3-1-2-4-16(15)27-20-17(10-22)23-7-8-24-20/h5-8,11-12,15-16H,1-4,9H2,(H,24,27)(H,26,29)/t15-,16-/m1/s1. The van der Waals surface area contributed by atoms with E-state index in [1.807, 2.05) is 6.07 Å². The fraction of sp³-hybridized carbons (Fsp3) is 0.350. The Kier molecular flexibility index (Phi) is 5.33. The van der Waals surface area contributed by atoms with Gasteiger partial charge in [-0.05, 0) is 25.0 Å². The van der Waals surface area contributed by atoms with Gasteiger partial charge in [0.25, 0.3) is 0 Å². The van der Waals surface area contributed by atoms with Gasteiger partial charge in [-0.2, -0.15) is 5.26 Å². The van der Waals surface area contributed by atoms with E-state index in [0.717, 1.165) is 25.7 Å². The first-order chi connectivity index (χ1) is 14.1. The smallest absolute Gasteiger partial charge is 0.226 e. The number of carbonyl (C=O) groups excluding carboxylic acids is 1. The molecule has 0 unspecified atom stereocenters. The second kappa shape index (κ2) is 8.22. The Morgan fingerprint density at radius 2 is 2.00 bits per heavy atom. The van der Waals surface area contributed by atoms with Crippen LogP contribution in [0, 0.1) is 17.1 Å². The molecule has 1 saturated carbocycles. The minimum atomic E-state index is -0.359. The van der Waals surface area contributed by atoms with Gasteiger partial charge in [0.1, 0.15) is 17.5 Å². The van der Waals surface area contributed by atoms with Crippen molar-refractivity contribution in [1.29, 1.82) is 5.26 Å². The van der Waals surface area contributed by atoms with Crippen LogP contribution in [-0.2, 0) is 11.2 Å². The molecule has 0 aliphatic heterocycles. The first-order valence-electron chi connectivity index (χ1n) is 9.52. The third-order valence-corrected chi connectivity index (χ3v) is 5.05. The summed E-state index contributed by atoms with van der Waals surface area (Å²) in [5.41, 5.74) is 1.41. The number of rotatable bonds is 5. The zero-order valence-electron chi connectivity index (χ0n) is 15.7. The van der Waals surface area contributed by atoms with Gasteiger partial charge in [0.15, 0.2) is 11.5 Å². The highest BCUT2D eigenvalue weighted by molar-refractivity contribution is 5.78. The summed E-state index contributed by atoms with van der Waals surface area (Å²) >= 11 is 0. The molecule has 3 aromatic heterocycles. The molecule has 0 aromatic carbocycles. The van der Waals surface area contributed by atoms with Crippen LogP contribution in [-0.4, -0.2) is 37.3 Å². The van der Waals surface area contributed by atoms with Gasteiger partial charge in [-0.1, -0.05) is 12.8 Å². The molecule has 1 amide bonds. The zero-order valence-corrected chi connectivity index (χ0v) is 15.7. The van der Waals surface area contributed by atoms with Crippen molar-refractivity contribution in [3.05, 3.63) is 54.1 Å². The van der Waals surface area contributed by atoms with Gasteiger partial charge in [-0.15, -0.1) is 0 Å². The molecule has 0 spiro atoms. The van der Waals surface area contributed by atoms with Gasteiger partial charge in [-0.3, -0.25) is 4.79 Å². The normalized spacial score (nSPS) is 18.9. The van der Waals surface area contributed by atoms with Crippen LogP contribution in [0.3, 0.4) is 0 Å². The number of nitrogens with one attached hydrogen (secondary N) is 2. The lowest BCUT2D eigenvalue weighted by molar-refractivity contribution is -0.121. The summed E-state index contributed by atoms with van der Waals surface area (Å²) in [5, 5.41) is 15.6. The molecule has 3 heterocycles. The molecule has 0 bridgehead atoms. The minimum absolute atomic E-state index is 0.0355. The SMILES string of the molecule is N#Cc1nccnc1N[C@@H]1CCCC[C@H]1NC(=O)Cc1cn2cc(F)ccc2n1. The molecule has 148 valence electrons. The lowest BCUT2D eigenvalue weighted by Crippen LogP contribution is -2.49. The van der Waals surface area contributed by atoms with Crippen LogP contribution in [0.15, 0.2) is 36.9 Å². The number of nitriles is 1. The summed E-state index contributed by atoms with van der Waals surface area (Å²) in [6.45, 7) is 0. The number of aromatic nitrogens is 4. The number of amides is 1. The molecule has 1 aliphatic rings. The largest absolute Gasteiger partial charge is 0.363 e. The fourth-order valence-electron chi connectivity index (χ4n) is 3.70. The van der Waals surface area contributed by atoms with E-state index in [2.05, 4.69) is 25.6 Å². The van der Waals surface area contributed by atoms with E-state index in [1.165, 1.54) is 24.7 Å². The highest BCUT2D eigenvalue weighted by Crippen LogP contribution is 2.22. The maximum Gasteiger partial charge on any atom is 0.226 e. The molecule has 2 atom stereocenters. The van der Waals surface area contributed by atoms with Crippen molar-refractivity contribution in [1.82, 2.24) is 24.7 Å². The summed E-state index contributed by atoms with van der Waals surface area (Å²) in [5.74, 6) is -0.0708. The van der Waals surface area contributed by atoms with Crippen molar-refractivity contribution in [2.45, 2.75) is 44.2 Å². The summed E-state index contributed by atoms with van der Waals surface area (Å²) in [4.78, 5) is 25.2. The van der Waals surface area contributed by atoms with E-state index in [4.69, 9.17) is 0 Å². The molecule has 8 nitrogen and oxygen atoms in total. The van der Waals surface area contributed by atoms with E-state index >= 15 is 0 Å². The van der Waals surface area contributed by atoms with Gasteiger partial charge < -0.3 is 15.0 Å². The lowest BCUT2D eigenvalue weighted by Gasteiger charge is -2.33. The Morgan fingerprint density at radius 1 is 1.21 bits per heavy atom. The second-order valence-corrected chi connectivity index (χ2v) is 7.10. The second-order valence-electron chi connectivity index (χ2n) is 7.10. The van der Waals surface area contributed by atoms with Crippen LogP contribution in [0.4, 0.5) is 10.2 Å². The monoisotopic (exact) mass is 393 g/mol. The molecule has 0 saturated heterocycles. The molecule has 29 heavy (non-hydrogen) atoms. The average Bonchev–Trinajstić information content (AvgIpc) is 3.11. The Balaban J connectivity index is 1.43. The summed E-state index contributed by atoms with van der Waals surface area (Å²) in [7, 11) is 0. The lowest BCUT2D eigenvalue weighted by atomic mass is 9.90. The topological polar surface area (TPSA) is 108 Å². The van der Waals surface area contributed by atoms with Crippen molar-refractivity contribution in [3.63, 3.8) is 0 Å². The highest BCUT2D eigenvalue weighted by atomic mass is 19.1. The van der Waals surface area contributed by atoms with Crippen LogP contribution < -0.4 is 10.6 Å². The predicted molar refractivity (Wildman–Crippen MR) is 103 cm³/mol. The Bertz CT molecular complexity index is 1070. The Morgan fingerprint density at radius 3 is 2.83 bits per heavy atom. The molecule has 0 radical (unpaired) electrons. The zero-order chi connectivity index (χ0) is 20.2. The number of hydrogen-bond donors (Lipinski definition) is 2. The number of halogens is 1. The number of hydrogen-bond acceptors (Lipinski definition) is 6. The summed E-state index contributed by atoms with van der Waals surface area (Å²) in [6.07, 6.45) is 9.86. The van der Waals surface area contributed by atoms with Crippen LogP contribution >= 0.6 is 0 Å². The molecule has 1 aliphatic carbocycles. The molecular formula is C20H20FN7O. The van der Waals surface area contributed by atoms with Crippen molar-refractivity contribution >= 4 is 17.4 Å². The number of carbonyl (C=O) groups is 1. The molecule has 4 rings (SSSR count). The van der Waals surface area contributed by atoms with Crippen LogP contribution in [0.1, 0.15) is 37.1 Å². The Labute approximate surface area is 166 Å². The van der Waals surface area contributed by atoms with Crippen molar-refractivity contribution in [3.8, 4) is 6.07 Å². The van der Waals surface area contributed by atoms with Gasteiger partial charge >= 0.3 is 0 Å². The van der Waals surface area contributed by atoms with Crippen molar-refractivity contribution in [2.75, 3.05) is 5.32 Å². The van der Waals surface area contributed by atoms with Gasteiger partial charge in [0.2, 0.25) is 5.91 Å².